The van der Waals surface area contributed by atoms with E-state index in [9.17, 15) is 13.2 Å². The Kier molecular flexibility index (Phi) is 6.46. The number of methoxy groups -OCH3 is 1. The highest BCUT2D eigenvalue weighted by molar-refractivity contribution is 7.91. The van der Waals surface area contributed by atoms with E-state index < -0.39 is 15.8 Å². The number of hydrogen-bond donors (Lipinski definition) is 1. The molecular weight excluding hydrogens is 340 g/mol. The molecule has 1 aromatic carbocycles. The maximum atomic E-state index is 12.6. The molecule has 1 aromatic rings. The van der Waals surface area contributed by atoms with E-state index >= 15 is 0 Å². The minimum atomic E-state index is -3.52. The Morgan fingerprint density at radius 2 is 1.80 bits per heavy atom. The zero-order valence-electron chi connectivity index (χ0n) is 15.1. The third kappa shape index (κ3) is 4.95. The molecule has 0 bridgehead atoms. The van der Waals surface area contributed by atoms with Gasteiger partial charge in [0.15, 0.2) is 9.84 Å². The summed E-state index contributed by atoms with van der Waals surface area (Å²) in [6, 6.07) is 6.38. The summed E-state index contributed by atoms with van der Waals surface area (Å²) in [5.41, 5.74) is 5.93. The van der Waals surface area contributed by atoms with Gasteiger partial charge in [0.25, 0.3) is 0 Å². The summed E-state index contributed by atoms with van der Waals surface area (Å²) >= 11 is 0. The van der Waals surface area contributed by atoms with Crippen LogP contribution in [0.2, 0.25) is 0 Å². The molecule has 0 radical (unpaired) electrons. The maximum Gasteiger partial charge on any atom is 0.226 e. The SMILES string of the molecule is COc1ccc(S(=O)(=O)CC(C)C(=O)N2CCC(C(C)N)CC2)cc1. The van der Waals surface area contributed by atoms with Crippen LogP contribution in [-0.2, 0) is 14.6 Å². The molecule has 1 saturated heterocycles. The number of likely N-dealkylation sites (tertiary alicyclic amines) is 1. The van der Waals surface area contributed by atoms with Crippen molar-refractivity contribution in [3.63, 3.8) is 0 Å². The molecule has 1 heterocycles. The number of carbonyl (C=O) groups excluding carboxylic acids is 1. The van der Waals surface area contributed by atoms with Crippen molar-refractivity contribution in [2.45, 2.75) is 37.6 Å². The summed E-state index contributed by atoms with van der Waals surface area (Å²) in [6.07, 6.45) is 1.75. The zero-order chi connectivity index (χ0) is 18.6. The van der Waals surface area contributed by atoms with Crippen LogP contribution in [-0.4, -0.2) is 51.2 Å². The lowest BCUT2D eigenvalue weighted by Crippen LogP contribution is -2.45. The first-order chi connectivity index (χ1) is 11.7. The Labute approximate surface area is 150 Å². The average molecular weight is 368 g/mol. The van der Waals surface area contributed by atoms with Crippen molar-refractivity contribution < 1.29 is 17.9 Å². The summed E-state index contributed by atoms with van der Waals surface area (Å²) in [7, 11) is -1.99. The van der Waals surface area contributed by atoms with E-state index in [1.165, 1.54) is 19.2 Å². The van der Waals surface area contributed by atoms with Crippen LogP contribution in [0.4, 0.5) is 0 Å². The van der Waals surface area contributed by atoms with Gasteiger partial charge in [-0.3, -0.25) is 4.79 Å². The normalized spacial score (nSPS) is 18.6. The Morgan fingerprint density at radius 1 is 1.24 bits per heavy atom. The highest BCUT2D eigenvalue weighted by atomic mass is 32.2. The van der Waals surface area contributed by atoms with E-state index in [4.69, 9.17) is 10.5 Å². The quantitative estimate of drug-likeness (QED) is 0.825. The summed E-state index contributed by atoms with van der Waals surface area (Å²) in [4.78, 5) is 14.6. The van der Waals surface area contributed by atoms with Crippen molar-refractivity contribution >= 4 is 15.7 Å². The maximum absolute atomic E-state index is 12.6. The van der Waals surface area contributed by atoms with E-state index in [2.05, 4.69) is 0 Å². The molecule has 0 spiro atoms. The summed E-state index contributed by atoms with van der Waals surface area (Å²) in [5, 5.41) is 0. The molecule has 7 heteroatoms. The molecule has 140 valence electrons. The minimum Gasteiger partial charge on any atom is -0.497 e. The second kappa shape index (κ2) is 8.19. The molecule has 1 aliphatic rings. The number of piperidine rings is 1. The smallest absolute Gasteiger partial charge is 0.226 e. The van der Waals surface area contributed by atoms with Gasteiger partial charge >= 0.3 is 0 Å². The fourth-order valence-electron chi connectivity index (χ4n) is 3.24. The largest absolute Gasteiger partial charge is 0.497 e. The zero-order valence-corrected chi connectivity index (χ0v) is 16.0. The van der Waals surface area contributed by atoms with Crippen molar-refractivity contribution in [2.75, 3.05) is 26.0 Å². The van der Waals surface area contributed by atoms with Crippen LogP contribution in [0.5, 0.6) is 5.75 Å². The van der Waals surface area contributed by atoms with Crippen LogP contribution in [0.1, 0.15) is 26.7 Å². The first-order valence-corrected chi connectivity index (χ1v) is 10.3. The van der Waals surface area contributed by atoms with Gasteiger partial charge in [-0.2, -0.15) is 0 Å². The molecule has 1 amide bonds. The summed E-state index contributed by atoms with van der Waals surface area (Å²) in [6.45, 7) is 4.98. The van der Waals surface area contributed by atoms with Gasteiger partial charge in [0.1, 0.15) is 5.75 Å². The van der Waals surface area contributed by atoms with Gasteiger partial charge in [-0.05, 0) is 49.9 Å². The number of benzene rings is 1. The van der Waals surface area contributed by atoms with Gasteiger partial charge in [0.05, 0.1) is 17.8 Å². The van der Waals surface area contributed by atoms with Crippen molar-refractivity contribution in [1.29, 1.82) is 0 Å². The second-order valence-corrected chi connectivity index (χ2v) is 8.91. The third-order valence-corrected chi connectivity index (χ3v) is 6.83. The van der Waals surface area contributed by atoms with Gasteiger partial charge in [0, 0.05) is 25.0 Å². The number of rotatable bonds is 6. The predicted octanol–water partition coefficient (Wildman–Crippen LogP) is 1.69. The Balaban J connectivity index is 1.98. The lowest BCUT2D eigenvalue weighted by Gasteiger charge is -2.35. The Hall–Kier alpha value is -1.60. The van der Waals surface area contributed by atoms with Gasteiger partial charge in [-0.1, -0.05) is 6.92 Å². The van der Waals surface area contributed by atoms with Crippen molar-refractivity contribution in [2.24, 2.45) is 17.6 Å². The van der Waals surface area contributed by atoms with Gasteiger partial charge in [-0.25, -0.2) is 8.42 Å². The highest BCUT2D eigenvalue weighted by Gasteiger charge is 2.30. The molecule has 2 rings (SSSR count). The fourth-order valence-corrected chi connectivity index (χ4v) is 4.78. The van der Waals surface area contributed by atoms with Crippen LogP contribution >= 0.6 is 0 Å². The van der Waals surface area contributed by atoms with Crippen LogP contribution in [0.25, 0.3) is 0 Å². The molecule has 25 heavy (non-hydrogen) atoms. The number of sulfone groups is 1. The van der Waals surface area contributed by atoms with E-state index in [0.29, 0.717) is 24.8 Å². The number of amides is 1. The molecule has 0 aromatic heterocycles. The molecular formula is C18H28N2O4S. The van der Waals surface area contributed by atoms with Crippen molar-refractivity contribution in [3.8, 4) is 5.75 Å². The average Bonchev–Trinajstić information content (AvgIpc) is 2.60. The Bertz CT molecular complexity index is 678. The van der Waals surface area contributed by atoms with Crippen LogP contribution in [0, 0.1) is 11.8 Å². The van der Waals surface area contributed by atoms with Crippen molar-refractivity contribution in [3.05, 3.63) is 24.3 Å². The lowest BCUT2D eigenvalue weighted by atomic mass is 9.90. The number of carbonyl (C=O) groups is 1. The standard InChI is InChI=1S/C18H28N2O4S/c1-13(18(21)20-10-8-15(9-11-20)14(2)19)12-25(22,23)17-6-4-16(24-3)5-7-17/h4-7,13-15H,8-12,19H2,1-3H3. The molecule has 2 unspecified atom stereocenters. The van der Waals surface area contributed by atoms with Crippen LogP contribution in [0.15, 0.2) is 29.2 Å². The van der Waals surface area contributed by atoms with Gasteiger partial charge in [0.2, 0.25) is 5.91 Å². The second-order valence-electron chi connectivity index (χ2n) is 6.88. The molecule has 0 aliphatic carbocycles. The highest BCUT2D eigenvalue weighted by Crippen LogP contribution is 2.23. The molecule has 2 atom stereocenters. The lowest BCUT2D eigenvalue weighted by molar-refractivity contribution is -0.135. The van der Waals surface area contributed by atoms with Crippen LogP contribution < -0.4 is 10.5 Å². The first-order valence-electron chi connectivity index (χ1n) is 8.65. The minimum absolute atomic E-state index is 0.0970. The third-order valence-electron chi connectivity index (χ3n) is 4.90. The van der Waals surface area contributed by atoms with Crippen molar-refractivity contribution in [1.82, 2.24) is 4.90 Å². The molecule has 1 aliphatic heterocycles. The first kappa shape index (κ1) is 19.7. The van der Waals surface area contributed by atoms with Crippen LogP contribution in [0.3, 0.4) is 0 Å². The summed E-state index contributed by atoms with van der Waals surface area (Å²) < 4.78 is 30.1. The van der Waals surface area contributed by atoms with E-state index in [0.717, 1.165) is 12.8 Å². The fraction of sp³-hybridized carbons (Fsp3) is 0.611. The molecule has 1 fully saturated rings. The molecule has 0 saturated carbocycles. The van der Waals surface area contributed by atoms with E-state index in [1.807, 2.05) is 6.92 Å². The topological polar surface area (TPSA) is 89.7 Å². The van der Waals surface area contributed by atoms with Gasteiger partial charge < -0.3 is 15.4 Å². The van der Waals surface area contributed by atoms with Gasteiger partial charge in [-0.15, -0.1) is 0 Å². The Morgan fingerprint density at radius 3 is 2.28 bits per heavy atom. The molecule has 6 nitrogen and oxygen atoms in total. The van der Waals surface area contributed by atoms with E-state index in [-0.39, 0.29) is 22.6 Å². The van der Waals surface area contributed by atoms with E-state index in [1.54, 1.807) is 24.0 Å². The monoisotopic (exact) mass is 368 g/mol. The number of nitrogens with two attached hydrogens (primary N) is 1. The number of ether oxygens (including phenoxy) is 1. The predicted molar refractivity (Wildman–Crippen MR) is 97.2 cm³/mol. The number of hydrogen-bond acceptors (Lipinski definition) is 5. The number of nitrogens with zero attached hydrogens (tertiary/aromatic N) is 1. The molecule has 2 N–H and O–H groups in total. The summed E-state index contributed by atoms with van der Waals surface area (Å²) in [5.74, 6) is 0.174.